The molecule has 1 aliphatic rings. The molecule has 0 aliphatic carbocycles. The predicted octanol–water partition coefficient (Wildman–Crippen LogP) is 5.31. The summed E-state index contributed by atoms with van der Waals surface area (Å²) in [4.78, 5) is 26.8. The van der Waals surface area contributed by atoms with Crippen LogP contribution in [0.5, 0.6) is 11.5 Å². The maximum Gasteiger partial charge on any atom is 0.293 e. The fourth-order valence-corrected chi connectivity index (χ4v) is 4.75. The van der Waals surface area contributed by atoms with E-state index < -0.39 is 0 Å². The van der Waals surface area contributed by atoms with E-state index in [9.17, 15) is 9.59 Å². The topological polar surface area (TPSA) is 55.8 Å². The monoisotopic (exact) mass is 583 g/mol. The minimum Gasteiger partial charge on any atom is -0.493 e. The zero-order valence-corrected chi connectivity index (χ0v) is 19.8. The second-order valence-electron chi connectivity index (χ2n) is 5.92. The number of rotatable bonds is 6. The van der Waals surface area contributed by atoms with Gasteiger partial charge in [0.2, 0.25) is 0 Å². The molecular formula is C21H15BrINO4S. The molecule has 0 unspecified atom stereocenters. The zero-order valence-electron chi connectivity index (χ0n) is 15.3. The molecule has 29 heavy (non-hydrogen) atoms. The van der Waals surface area contributed by atoms with Crippen molar-refractivity contribution in [2.24, 2.45) is 0 Å². The first kappa shape index (κ1) is 21.7. The second kappa shape index (κ2) is 9.69. The summed E-state index contributed by atoms with van der Waals surface area (Å²) in [6.07, 6.45) is 6.94. The molecular weight excluding hydrogens is 569 g/mol. The molecule has 1 aliphatic heterocycles. The fraction of sp³-hybridized carbons (Fsp3) is 0.143. The standard InChI is InChI=1S/C21H15BrINO4S/c1-3-7-28-19-16(23)9-14(10-17(19)27-2)11-18-20(25)24(21(26)29-18)12-13-5-4-6-15(22)8-13/h1,4-6,8-11H,7,12H2,2H3/b18-11+. The lowest BCUT2D eigenvalue weighted by molar-refractivity contribution is -0.123. The number of halogens is 2. The van der Waals surface area contributed by atoms with Gasteiger partial charge in [-0.1, -0.05) is 34.0 Å². The van der Waals surface area contributed by atoms with Gasteiger partial charge in [-0.3, -0.25) is 14.5 Å². The maximum atomic E-state index is 12.8. The highest BCUT2D eigenvalue weighted by molar-refractivity contribution is 14.1. The van der Waals surface area contributed by atoms with Crippen LogP contribution in [0.15, 0.2) is 45.8 Å². The minimum absolute atomic E-state index is 0.125. The summed E-state index contributed by atoms with van der Waals surface area (Å²) >= 11 is 6.44. The summed E-state index contributed by atoms with van der Waals surface area (Å²) in [6, 6.07) is 11.1. The molecule has 0 bridgehead atoms. The van der Waals surface area contributed by atoms with Gasteiger partial charge in [-0.25, -0.2) is 0 Å². The Morgan fingerprint density at radius 3 is 2.79 bits per heavy atom. The third kappa shape index (κ3) is 5.15. The largest absolute Gasteiger partial charge is 0.493 e. The van der Waals surface area contributed by atoms with Crippen molar-refractivity contribution in [1.29, 1.82) is 0 Å². The molecule has 148 valence electrons. The van der Waals surface area contributed by atoms with Crippen molar-refractivity contribution in [3.63, 3.8) is 0 Å². The quantitative estimate of drug-likeness (QED) is 0.262. The Morgan fingerprint density at radius 2 is 2.10 bits per heavy atom. The van der Waals surface area contributed by atoms with Gasteiger partial charge in [0.15, 0.2) is 11.5 Å². The summed E-state index contributed by atoms with van der Waals surface area (Å²) in [6.45, 7) is 0.349. The molecule has 0 aromatic heterocycles. The van der Waals surface area contributed by atoms with E-state index in [2.05, 4.69) is 44.4 Å². The van der Waals surface area contributed by atoms with E-state index in [-0.39, 0.29) is 24.3 Å². The Hall–Kier alpha value is -1.96. The van der Waals surface area contributed by atoms with Crippen LogP contribution in [-0.2, 0) is 11.3 Å². The SMILES string of the molecule is C#CCOc1c(I)cc(/C=C2/SC(=O)N(Cc3cccc(Br)c3)C2=O)cc1OC. The first-order valence-electron chi connectivity index (χ1n) is 8.36. The Balaban J connectivity index is 1.85. The van der Waals surface area contributed by atoms with Crippen LogP contribution in [0, 0.1) is 15.9 Å². The fourth-order valence-electron chi connectivity index (χ4n) is 2.68. The maximum absolute atomic E-state index is 12.8. The van der Waals surface area contributed by atoms with Crippen LogP contribution >= 0.6 is 50.3 Å². The summed E-state index contributed by atoms with van der Waals surface area (Å²) < 4.78 is 12.6. The van der Waals surface area contributed by atoms with Crippen molar-refractivity contribution in [3.8, 4) is 23.8 Å². The average molecular weight is 584 g/mol. The van der Waals surface area contributed by atoms with Crippen LogP contribution in [0.2, 0.25) is 0 Å². The highest BCUT2D eigenvalue weighted by Crippen LogP contribution is 2.37. The molecule has 2 aromatic carbocycles. The van der Waals surface area contributed by atoms with Crippen molar-refractivity contribution in [3.05, 3.63) is 60.5 Å². The normalized spacial score (nSPS) is 15.0. The van der Waals surface area contributed by atoms with Gasteiger partial charge in [-0.15, -0.1) is 6.42 Å². The third-order valence-electron chi connectivity index (χ3n) is 3.95. The Kier molecular flexibility index (Phi) is 7.27. The van der Waals surface area contributed by atoms with E-state index in [1.54, 1.807) is 12.1 Å². The number of hydrogen-bond acceptors (Lipinski definition) is 5. The van der Waals surface area contributed by atoms with Gasteiger partial charge in [-0.05, 0) is 75.8 Å². The number of hydrogen-bond donors (Lipinski definition) is 0. The molecule has 0 radical (unpaired) electrons. The van der Waals surface area contributed by atoms with Crippen molar-refractivity contribution in [1.82, 2.24) is 4.90 Å². The first-order valence-corrected chi connectivity index (χ1v) is 11.1. The van der Waals surface area contributed by atoms with Gasteiger partial charge in [0.25, 0.3) is 11.1 Å². The molecule has 0 spiro atoms. The van der Waals surface area contributed by atoms with Gasteiger partial charge in [0, 0.05) is 4.47 Å². The van der Waals surface area contributed by atoms with Crippen molar-refractivity contribution in [2.45, 2.75) is 6.54 Å². The van der Waals surface area contributed by atoms with Crippen LogP contribution in [0.1, 0.15) is 11.1 Å². The Labute approximate surface area is 195 Å². The van der Waals surface area contributed by atoms with Gasteiger partial charge >= 0.3 is 0 Å². The molecule has 1 heterocycles. The summed E-state index contributed by atoms with van der Waals surface area (Å²) in [5.41, 5.74) is 1.60. The third-order valence-corrected chi connectivity index (χ3v) is 6.15. The first-order chi connectivity index (χ1) is 13.9. The Morgan fingerprint density at radius 1 is 1.31 bits per heavy atom. The lowest BCUT2D eigenvalue weighted by Crippen LogP contribution is -2.27. The van der Waals surface area contributed by atoms with Crippen LogP contribution < -0.4 is 9.47 Å². The van der Waals surface area contributed by atoms with Gasteiger partial charge in [-0.2, -0.15) is 0 Å². The Bertz CT molecular complexity index is 1050. The smallest absolute Gasteiger partial charge is 0.293 e. The molecule has 0 N–H and O–H groups in total. The van der Waals surface area contributed by atoms with E-state index in [4.69, 9.17) is 15.9 Å². The number of methoxy groups -OCH3 is 1. The predicted molar refractivity (Wildman–Crippen MR) is 126 cm³/mol. The number of thioether (sulfide) groups is 1. The zero-order chi connectivity index (χ0) is 21.0. The number of terminal acetylenes is 1. The molecule has 5 nitrogen and oxygen atoms in total. The highest BCUT2D eigenvalue weighted by Gasteiger charge is 2.35. The molecule has 2 amide bonds. The number of nitrogens with zero attached hydrogens (tertiary/aromatic N) is 1. The summed E-state index contributed by atoms with van der Waals surface area (Å²) in [5.74, 6) is 3.16. The van der Waals surface area contributed by atoms with E-state index in [0.717, 1.165) is 30.9 Å². The van der Waals surface area contributed by atoms with Crippen LogP contribution in [-0.4, -0.2) is 29.8 Å². The average Bonchev–Trinajstić information content (AvgIpc) is 2.94. The number of imide groups is 1. The van der Waals surface area contributed by atoms with Crippen molar-refractivity contribution >= 4 is 67.5 Å². The van der Waals surface area contributed by atoms with Crippen LogP contribution in [0.3, 0.4) is 0 Å². The molecule has 8 heteroatoms. The molecule has 2 aromatic rings. The van der Waals surface area contributed by atoms with E-state index >= 15 is 0 Å². The molecule has 1 saturated heterocycles. The van der Waals surface area contributed by atoms with Gasteiger partial charge < -0.3 is 9.47 Å². The lowest BCUT2D eigenvalue weighted by Gasteiger charge is -2.13. The van der Waals surface area contributed by atoms with E-state index in [0.29, 0.717) is 16.4 Å². The highest BCUT2D eigenvalue weighted by atomic mass is 127. The minimum atomic E-state index is -0.318. The second-order valence-corrected chi connectivity index (χ2v) is 9.00. The molecule has 1 fully saturated rings. The summed E-state index contributed by atoms with van der Waals surface area (Å²) in [7, 11) is 1.53. The summed E-state index contributed by atoms with van der Waals surface area (Å²) in [5, 5.41) is -0.295. The number of benzene rings is 2. The lowest BCUT2D eigenvalue weighted by atomic mass is 10.1. The van der Waals surface area contributed by atoms with Crippen molar-refractivity contribution < 1.29 is 19.1 Å². The number of amides is 2. The number of carbonyl (C=O) groups is 2. The molecule has 3 rings (SSSR count). The van der Waals surface area contributed by atoms with Gasteiger partial charge in [0.1, 0.15) is 6.61 Å². The van der Waals surface area contributed by atoms with Crippen LogP contribution in [0.25, 0.3) is 6.08 Å². The van der Waals surface area contributed by atoms with E-state index in [1.165, 1.54) is 12.0 Å². The van der Waals surface area contributed by atoms with E-state index in [1.807, 2.05) is 30.3 Å². The number of ether oxygens (including phenoxy) is 2. The van der Waals surface area contributed by atoms with Gasteiger partial charge in [0.05, 0.1) is 22.1 Å². The number of carbonyl (C=O) groups excluding carboxylic acids is 2. The van der Waals surface area contributed by atoms with Crippen molar-refractivity contribution in [2.75, 3.05) is 13.7 Å². The van der Waals surface area contributed by atoms with Crippen LogP contribution in [0.4, 0.5) is 4.79 Å². The molecule has 0 saturated carbocycles. The molecule has 0 atom stereocenters.